The number of aromatic nitrogens is 2. The molecule has 0 aliphatic rings. The molecule has 0 aliphatic heterocycles. The molecule has 4 nitrogen and oxygen atoms in total. The molecular formula is C16H18N4. The number of fused-ring (bicyclic) bond motifs is 1. The Kier molecular flexibility index (Phi) is 3.29. The molecule has 0 saturated carbocycles. The molecule has 0 radical (unpaired) electrons. The Labute approximate surface area is 118 Å². The fourth-order valence-electron chi connectivity index (χ4n) is 2.39. The molecule has 2 aromatic heterocycles. The molecule has 0 saturated heterocycles. The van der Waals surface area contributed by atoms with Gasteiger partial charge in [-0.25, -0.2) is 4.98 Å². The van der Waals surface area contributed by atoms with Crippen LogP contribution in [0.4, 0.5) is 11.5 Å². The van der Waals surface area contributed by atoms with Crippen molar-refractivity contribution in [3.05, 3.63) is 54.4 Å². The number of nitrogens with zero attached hydrogens (tertiary/aromatic N) is 2. The molecule has 4 heteroatoms. The second kappa shape index (κ2) is 5.25. The van der Waals surface area contributed by atoms with Gasteiger partial charge in [-0.05, 0) is 29.8 Å². The molecule has 1 aromatic carbocycles. The lowest BCUT2D eigenvalue weighted by molar-refractivity contribution is 1.05. The summed E-state index contributed by atoms with van der Waals surface area (Å²) in [6.45, 7) is 0.779. The van der Waals surface area contributed by atoms with Gasteiger partial charge in [-0.1, -0.05) is 12.1 Å². The summed E-state index contributed by atoms with van der Waals surface area (Å²) >= 11 is 0. The quantitative estimate of drug-likeness (QED) is 0.762. The van der Waals surface area contributed by atoms with Crippen LogP contribution in [0.5, 0.6) is 0 Å². The van der Waals surface area contributed by atoms with Gasteiger partial charge in [0.2, 0.25) is 0 Å². The van der Waals surface area contributed by atoms with Crippen molar-refractivity contribution in [2.45, 2.75) is 6.54 Å². The predicted octanol–water partition coefficient (Wildman–Crippen LogP) is 3.24. The van der Waals surface area contributed by atoms with Crippen LogP contribution in [-0.4, -0.2) is 24.1 Å². The number of H-pyrrole nitrogens is 1. The van der Waals surface area contributed by atoms with E-state index >= 15 is 0 Å². The number of aromatic amines is 1. The van der Waals surface area contributed by atoms with Crippen molar-refractivity contribution in [3.8, 4) is 0 Å². The Morgan fingerprint density at radius 3 is 2.90 bits per heavy atom. The zero-order valence-electron chi connectivity index (χ0n) is 11.7. The lowest BCUT2D eigenvalue weighted by atomic mass is 10.1. The Bertz CT molecular complexity index is 715. The minimum absolute atomic E-state index is 0.779. The summed E-state index contributed by atoms with van der Waals surface area (Å²) in [6, 6.07) is 12.4. The Hall–Kier alpha value is -2.49. The molecule has 0 amide bonds. The van der Waals surface area contributed by atoms with Gasteiger partial charge in [0.05, 0.1) is 5.69 Å². The topological polar surface area (TPSA) is 44.0 Å². The first-order valence-electron chi connectivity index (χ1n) is 6.67. The van der Waals surface area contributed by atoms with Crippen molar-refractivity contribution < 1.29 is 0 Å². The van der Waals surface area contributed by atoms with E-state index in [1.807, 2.05) is 37.5 Å². The van der Waals surface area contributed by atoms with Crippen molar-refractivity contribution >= 4 is 22.4 Å². The maximum atomic E-state index is 4.40. The highest BCUT2D eigenvalue weighted by Gasteiger charge is 2.06. The van der Waals surface area contributed by atoms with E-state index in [9.17, 15) is 0 Å². The minimum atomic E-state index is 0.779. The van der Waals surface area contributed by atoms with Gasteiger partial charge in [0, 0.05) is 43.9 Å². The van der Waals surface area contributed by atoms with E-state index in [-0.39, 0.29) is 0 Å². The summed E-state index contributed by atoms with van der Waals surface area (Å²) in [5.41, 5.74) is 3.49. The second-order valence-corrected chi connectivity index (χ2v) is 4.98. The van der Waals surface area contributed by atoms with Crippen LogP contribution in [-0.2, 0) is 6.54 Å². The van der Waals surface area contributed by atoms with Crippen LogP contribution >= 0.6 is 0 Å². The molecule has 2 heterocycles. The third kappa shape index (κ3) is 2.32. The summed E-state index contributed by atoms with van der Waals surface area (Å²) in [5, 5.41) is 4.73. The van der Waals surface area contributed by atoms with Gasteiger partial charge in [-0.3, -0.25) is 0 Å². The van der Waals surface area contributed by atoms with Gasteiger partial charge in [0.25, 0.3) is 0 Å². The Morgan fingerprint density at radius 1 is 1.15 bits per heavy atom. The SMILES string of the molecule is CN(C)c1ncccc1NCc1cccc2[nH]ccc12. The molecule has 0 aliphatic carbocycles. The van der Waals surface area contributed by atoms with Crippen molar-refractivity contribution in [1.82, 2.24) is 9.97 Å². The van der Waals surface area contributed by atoms with Crippen LogP contribution < -0.4 is 10.2 Å². The molecule has 0 bridgehead atoms. The van der Waals surface area contributed by atoms with Crippen LogP contribution in [0.15, 0.2) is 48.8 Å². The summed E-state index contributed by atoms with van der Waals surface area (Å²) < 4.78 is 0. The number of hydrogen-bond acceptors (Lipinski definition) is 3. The first-order chi connectivity index (χ1) is 9.75. The third-order valence-electron chi connectivity index (χ3n) is 3.36. The fraction of sp³-hybridized carbons (Fsp3) is 0.188. The molecule has 0 unspecified atom stereocenters. The van der Waals surface area contributed by atoms with Gasteiger partial charge >= 0.3 is 0 Å². The van der Waals surface area contributed by atoms with E-state index in [1.165, 1.54) is 16.5 Å². The van der Waals surface area contributed by atoms with E-state index in [2.05, 4.69) is 45.6 Å². The lowest BCUT2D eigenvalue weighted by Gasteiger charge is -2.17. The monoisotopic (exact) mass is 266 g/mol. The summed E-state index contributed by atoms with van der Waals surface area (Å²) in [5.74, 6) is 0.953. The number of hydrogen-bond donors (Lipinski definition) is 2. The van der Waals surface area contributed by atoms with Crippen molar-refractivity contribution in [1.29, 1.82) is 0 Å². The Balaban J connectivity index is 1.85. The van der Waals surface area contributed by atoms with Crippen molar-refractivity contribution in [3.63, 3.8) is 0 Å². The van der Waals surface area contributed by atoms with Crippen LogP contribution in [0.2, 0.25) is 0 Å². The average molecular weight is 266 g/mol. The first kappa shape index (κ1) is 12.5. The molecule has 3 rings (SSSR count). The van der Waals surface area contributed by atoms with Gasteiger partial charge in [0.15, 0.2) is 5.82 Å². The molecule has 0 atom stereocenters. The van der Waals surface area contributed by atoms with E-state index in [0.717, 1.165) is 18.1 Å². The number of rotatable bonds is 4. The third-order valence-corrected chi connectivity index (χ3v) is 3.36. The minimum Gasteiger partial charge on any atom is -0.378 e. The van der Waals surface area contributed by atoms with Crippen LogP contribution in [0.25, 0.3) is 10.9 Å². The molecule has 3 aromatic rings. The fourth-order valence-corrected chi connectivity index (χ4v) is 2.39. The molecular weight excluding hydrogens is 248 g/mol. The molecule has 20 heavy (non-hydrogen) atoms. The zero-order chi connectivity index (χ0) is 13.9. The van der Waals surface area contributed by atoms with Crippen LogP contribution in [0, 0.1) is 0 Å². The van der Waals surface area contributed by atoms with Gasteiger partial charge in [-0.2, -0.15) is 0 Å². The molecule has 0 fully saturated rings. The van der Waals surface area contributed by atoms with Gasteiger partial charge in [-0.15, -0.1) is 0 Å². The summed E-state index contributed by atoms with van der Waals surface area (Å²) in [4.78, 5) is 9.65. The standard InChI is InChI=1S/C16H18N4/c1-20(2)16-15(7-4-9-18-16)19-11-12-5-3-6-14-13(12)8-10-17-14/h3-10,17,19H,11H2,1-2H3. The Morgan fingerprint density at radius 2 is 2.05 bits per heavy atom. The lowest BCUT2D eigenvalue weighted by Crippen LogP contribution is -2.13. The normalized spacial score (nSPS) is 10.7. The van der Waals surface area contributed by atoms with Crippen molar-refractivity contribution in [2.75, 3.05) is 24.3 Å². The van der Waals surface area contributed by atoms with Crippen LogP contribution in [0.3, 0.4) is 0 Å². The average Bonchev–Trinajstić information content (AvgIpc) is 2.94. The molecule has 102 valence electrons. The van der Waals surface area contributed by atoms with Crippen molar-refractivity contribution in [2.24, 2.45) is 0 Å². The highest BCUT2D eigenvalue weighted by atomic mass is 15.2. The number of benzene rings is 1. The highest BCUT2D eigenvalue weighted by molar-refractivity contribution is 5.83. The maximum Gasteiger partial charge on any atom is 0.151 e. The van der Waals surface area contributed by atoms with E-state index < -0.39 is 0 Å². The molecule has 0 spiro atoms. The number of pyridine rings is 1. The van der Waals surface area contributed by atoms with Gasteiger partial charge in [0.1, 0.15) is 0 Å². The predicted molar refractivity (Wildman–Crippen MR) is 84.2 cm³/mol. The summed E-state index contributed by atoms with van der Waals surface area (Å²) in [6.07, 6.45) is 3.79. The van der Waals surface area contributed by atoms with E-state index in [1.54, 1.807) is 0 Å². The number of anilines is 2. The first-order valence-corrected chi connectivity index (χ1v) is 6.67. The van der Waals surface area contributed by atoms with E-state index in [0.29, 0.717) is 0 Å². The smallest absolute Gasteiger partial charge is 0.151 e. The second-order valence-electron chi connectivity index (χ2n) is 4.98. The molecule has 2 N–H and O–H groups in total. The number of nitrogens with one attached hydrogen (secondary N) is 2. The maximum absolute atomic E-state index is 4.40. The zero-order valence-corrected chi connectivity index (χ0v) is 11.7. The van der Waals surface area contributed by atoms with Crippen LogP contribution in [0.1, 0.15) is 5.56 Å². The van der Waals surface area contributed by atoms with Gasteiger partial charge < -0.3 is 15.2 Å². The highest BCUT2D eigenvalue weighted by Crippen LogP contribution is 2.23. The van der Waals surface area contributed by atoms with E-state index in [4.69, 9.17) is 0 Å². The summed E-state index contributed by atoms with van der Waals surface area (Å²) in [7, 11) is 4.00. The largest absolute Gasteiger partial charge is 0.378 e.